The molecule has 0 spiro atoms. The van der Waals surface area contributed by atoms with Crippen LogP contribution in [-0.2, 0) is 6.18 Å². The molecule has 1 rings (SSSR count). The van der Waals surface area contributed by atoms with Gasteiger partial charge in [0.05, 0.1) is 17.3 Å². The lowest BCUT2D eigenvalue weighted by atomic mass is 10.1. The summed E-state index contributed by atoms with van der Waals surface area (Å²) in [5.74, 6) is -2.92. The number of carbonyl (C=O) groups is 1. The molecule has 0 aliphatic carbocycles. The normalized spacial score (nSPS) is 11.8. The molecule has 0 saturated heterocycles. The maximum absolute atomic E-state index is 13.2. The van der Waals surface area contributed by atoms with Crippen molar-refractivity contribution in [3.05, 3.63) is 34.9 Å². The first-order valence-electron chi connectivity index (χ1n) is 4.36. The lowest BCUT2D eigenvalue weighted by molar-refractivity contribution is -0.138. The number of halogens is 5. The van der Waals surface area contributed by atoms with Gasteiger partial charge in [0.15, 0.2) is 0 Å². The summed E-state index contributed by atoms with van der Waals surface area (Å²) in [4.78, 5) is 10.2. The van der Waals surface area contributed by atoms with Crippen molar-refractivity contribution in [3.63, 3.8) is 0 Å². The van der Waals surface area contributed by atoms with Crippen LogP contribution in [0.3, 0.4) is 0 Å². The smallest absolute Gasteiger partial charge is 0.350 e. The fraction of sp³-hybridized carbons (Fsp3) is 0.111. The van der Waals surface area contributed by atoms with E-state index in [9.17, 15) is 26.7 Å². The third-order valence-electron chi connectivity index (χ3n) is 1.77. The van der Waals surface area contributed by atoms with E-state index in [-0.39, 0.29) is 12.1 Å². The first-order chi connectivity index (χ1) is 8.21. The number of nitrogens with two attached hydrogens (primary N) is 1. The molecule has 4 nitrogen and oxygen atoms in total. The van der Waals surface area contributed by atoms with Crippen molar-refractivity contribution < 1.29 is 26.7 Å². The van der Waals surface area contributed by atoms with Gasteiger partial charge in [-0.25, -0.2) is 19.0 Å². The van der Waals surface area contributed by atoms with Gasteiger partial charge >= 0.3 is 12.2 Å². The van der Waals surface area contributed by atoms with E-state index >= 15 is 0 Å². The van der Waals surface area contributed by atoms with Crippen molar-refractivity contribution in [3.8, 4) is 0 Å². The van der Waals surface area contributed by atoms with Crippen molar-refractivity contribution in [1.82, 2.24) is 5.43 Å². The van der Waals surface area contributed by atoms with Gasteiger partial charge in [-0.2, -0.15) is 18.3 Å². The van der Waals surface area contributed by atoms with Gasteiger partial charge in [-0.15, -0.1) is 0 Å². The Balaban J connectivity index is 3.09. The Hall–Kier alpha value is -2.19. The van der Waals surface area contributed by atoms with Crippen molar-refractivity contribution in [1.29, 1.82) is 0 Å². The van der Waals surface area contributed by atoms with Crippen LogP contribution in [0.4, 0.5) is 26.7 Å². The molecular formula is C9H6F5N3O. The van der Waals surface area contributed by atoms with Gasteiger partial charge < -0.3 is 5.73 Å². The van der Waals surface area contributed by atoms with Crippen LogP contribution in [0, 0.1) is 11.6 Å². The fourth-order valence-corrected chi connectivity index (χ4v) is 1.03. The van der Waals surface area contributed by atoms with E-state index in [0.29, 0.717) is 6.21 Å². The third kappa shape index (κ3) is 3.40. The van der Waals surface area contributed by atoms with E-state index in [1.54, 1.807) is 5.43 Å². The number of hydrogen-bond donors (Lipinski definition) is 2. The molecule has 0 fully saturated rings. The number of primary amides is 1. The molecule has 18 heavy (non-hydrogen) atoms. The zero-order chi connectivity index (χ0) is 13.9. The largest absolute Gasteiger partial charge is 0.416 e. The van der Waals surface area contributed by atoms with Crippen molar-refractivity contribution >= 4 is 12.2 Å². The summed E-state index contributed by atoms with van der Waals surface area (Å²) in [5.41, 5.74) is 3.98. The average molecular weight is 267 g/mol. The van der Waals surface area contributed by atoms with Gasteiger partial charge in [0.1, 0.15) is 11.6 Å². The van der Waals surface area contributed by atoms with E-state index in [1.807, 2.05) is 0 Å². The quantitative estimate of drug-likeness (QED) is 0.480. The molecule has 0 heterocycles. The lowest BCUT2D eigenvalue weighted by Gasteiger charge is -2.08. The molecule has 1 aromatic carbocycles. The number of hydrazone groups is 1. The summed E-state index contributed by atoms with van der Waals surface area (Å²) in [7, 11) is 0. The highest BCUT2D eigenvalue weighted by Crippen LogP contribution is 2.31. The van der Waals surface area contributed by atoms with E-state index < -0.39 is 35.0 Å². The molecule has 98 valence electrons. The molecule has 2 amide bonds. The highest BCUT2D eigenvalue weighted by molar-refractivity contribution is 5.82. The Morgan fingerprint density at radius 1 is 1.28 bits per heavy atom. The van der Waals surface area contributed by atoms with Crippen LogP contribution >= 0.6 is 0 Å². The van der Waals surface area contributed by atoms with E-state index in [0.717, 1.165) is 0 Å². The van der Waals surface area contributed by atoms with Gasteiger partial charge in [0.2, 0.25) is 0 Å². The molecule has 0 saturated carbocycles. The van der Waals surface area contributed by atoms with Crippen LogP contribution in [0.2, 0.25) is 0 Å². The van der Waals surface area contributed by atoms with Crippen LogP contribution in [-0.4, -0.2) is 12.2 Å². The molecule has 3 N–H and O–H groups in total. The first-order valence-corrected chi connectivity index (χ1v) is 4.36. The SMILES string of the molecule is NC(=O)NN=Cc1c(F)cc(C(F)(F)F)cc1F. The maximum Gasteiger partial charge on any atom is 0.416 e. The van der Waals surface area contributed by atoms with Crippen LogP contribution in [0.25, 0.3) is 0 Å². The number of rotatable bonds is 2. The third-order valence-corrected chi connectivity index (χ3v) is 1.77. The molecule has 0 atom stereocenters. The van der Waals surface area contributed by atoms with Crippen LogP contribution < -0.4 is 11.2 Å². The number of alkyl halides is 3. The van der Waals surface area contributed by atoms with Gasteiger partial charge in [-0.1, -0.05) is 0 Å². The van der Waals surface area contributed by atoms with Crippen LogP contribution in [0.1, 0.15) is 11.1 Å². The Bertz CT molecular complexity index is 474. The molecule has 0 aliphatic heterocycles. The summed E-state index contributed by atoms with van der Waals surface area (Å²) in [5, 5.41) is 3.04. The number of hydrogen-bond acceptors (Lipinski definition) is 2. The van der Waals surface area contributed by atoms with Gasteiger partial charge in [-0.05, 0) is 12.1 Å². The summed E-state index contributed by atoms with van der Waals surface area (Å²) in [6, 6.07) is -0.845. The molecule has 0 unspecified atom stereocenters. The molecule has 0 aliphatic rings. The Kier molecular flexibility index (Phi) is 3.84. The summed E-state index contributed by atoms with van der Waals surface area (Å²) in [6.07, 6.45) is -4.35. The number of nitrogens with zero attached hydrogens (tertiary/aromatic N) is 1. The number of carbonyl (C=O) groups excluding carboxylic acids is 1. The fourth-order valence-electron chi connectivity index (χ4n) is 1.03. The summed E-state index contributed by atoms with van der Waals surface area (Å²) < 4.78 is 63.0. The highest BCUT2D eigenvalue weighted by Gasteiger charge is 2.32. The van der Waals surface area contributed by atoms with Crippen molar-refractivity contribution in [2.75, 3.05) is 0 Å². The monoisotopic (exact) mass is 267 g/mol. The predicted molar refractivity (Wildman–Crippen MR) is 51.7 cm³/mol. The number of urea groups is 1. The topological polar surface area (TPSA) is 67.5 Å². The van der Waals surface area contributed by atoms with Crippen LogP contribution in [0.5, 0.6) is 0 Å². The Morgan fingerprint density at radius 3 is 2.17 bits per heavy atom. The minimum atomic E-state index is -4.86. The second-order valence-corrected chi connectivity index (χ2v) is 3.09. The zero-order valence-electron chi connectivity index (χ0n) is 8.55. The molecular weight excluding hydrogens is 261 g/mol. The van der Waals surface area contributed by atoms with Crippen LogP contribution in [0.15, 0.2) is 17.2 Å². The van der Waals surface area contributed by atoms with Gasteiger partial charge in [0, 0.05) is 0 Å². The van der Waals surface area contributed by atoms with Gasteiger partial charge in [-0.3, -0.25) is 0 Å². The minimum Gasteiger partial charge on any atom is -0.350 e. The van der Waals surface area contributed by atoms with Crippen molar-refractivity contribution in [2.45, 2.75) is 6.18 Å². The first kappa shape index (κ1) is 13.9. The number of nitrogens with one attached hydrogen (secondary N) is 1. The second kappa shape index (κ2) is 4.98. The number of benzene rings is 1. The van der Waals surface area contributed by atoms with Gasteiger partial charge in [0.25, 0.3) is 0 Å². The standard InChI is InChI=1S/C9H6F5N3O/c10-6-1-4(9(12,13)14)2-7(11)5(6)3-16-17-8(15)18/h1-3H,(H3,15,17,18). The molecule has 0 radical (unpaired) electrons. The Morgan fingerprint density at radius 2 is 1.78 bits per heavy atom. The second-order valence-electron chi connectivity index (χ2n) is 3.09. The summed E-state index contributed by atoms with van der Waals surface area (Å²) in [6.45, 7) is 0. The molecule has 0 aromatic heterocycles. The summed E-state index contributed by atoms with van der Waals surface area (Å²) >= 11 is 0. The molecule has 0 bridgehead atoms. The lowest BCUT2D eigenvalue weighted by Crippen LogP contribution is -2.24. The van der Waals surface area contributed by atoms with E-state index in [2.05, 4.69) is 10.8 Å². The highest BCUT2D eigenvalue weighted by atomic mass is 19.4. The molecule has 1 aromatic rings. The number of amides is 2. The predicted octanol–water partition coefficient (Wildman–Crippen LogP) is 1.99. The molecule has 9 heteroatoms. The van der Waals surface area contributed by atoms with Crippen molar-refractivity contribution in [2.24, 2.45) is 10.8 Å². The Labute approximate surface area is 97.3 Å². The minimum absolute atomic E-state index is 0.120. The van der Waals surface area contributed by atoms with E-state index in [4.69, 9.17) is 0 Å². The average Bonchev–Trinajstić information content (AvgIpc) is 2.20. The zero-order valence-corrected chi connectivity index (χ0v) is 8.55. The maximum atomic E-state index is 13.2. The van der Waals surface area contributed by atoms with E-state index in [1.165, 1.54) is 0 Å².